The molecule has 122 valence electrons. The van der Waals surface area contributed by atoms with E-state index in [0.29, 0.717) is 0 Å². The molecule has 0 fully saturated rings. The van der Waals surface area contributed by atoms with E-state index in [2.05, 4.69) is 60.7 Å². The number of benzene rings is 2. The largest absolute Gasteiger partial charge is 0.0938 e. The first-order valence-corrected chi connectivity index (χ1v) is 11.2. The van der Waals surface area contributed by atoms with Crippen LogP contribution in [0.2, 0.25) is 0 Å². The van der Waals surface area contributed by atoms with E-state index in [1.165, 1.54) is 46.6 Å². The Hall–Kier alpha value is -1.38. The molecule has 0 atom stereocenters. The summed E-state index contributed by atoms with van der Waals surface area (Å²) in [6, 6.07) is 17.7. The number of fused-ring (bicyclic) bond motifs is 2. The van der Waals surface area contributed by atoms with Crippen molar-refractivity contribution in [2.24, 2.45) is 0 Å². The lowest BCUT2D eigenvalue weighted by atomic mass is 10.0. The Balaban J connectivity index is 1.18. The molecule has 0 radical (unpaired) electrons. The molecule has 0 unspecified atom stereocenters. The van der Waals surface area contributed by atoms with Gasteiger partial charge in [-0.25, -0.2) is 0 Å². The zero-order chi connectivity index (χ0) is 16.2. The molecule has 24 heavy (non-hydrogen) atoms. The van der Waals surface area contributed by atoms with Gasteiger partial charge in [-0.1, -0.05) is 82.3 Å². The smallest absolute Gasteiger partial charge is 0.00775 e. The third-order valence-corrected chi connectivity index (χ3v) is 7.26. The van der Waals surface area contributed by atoms with E-state index in [9.17, 15) is 0 Å². The SMILES string of the molecule is C1=C(CCSSCCC2=CCc3ccccc32)c2ccccc2C1. The predicted molar refractivity (Wildman–Crippen MR) is 110 cm³/mol. The molecule has 0 bridgehead atoms. The van der Waals surface area contributed by atoms with Crippen molar-refractivity contribution in [2.45, 2.75) is 25.7 Å². The molecular weight excluding hydrogens is 328 g/mol. The highest BCUT2D eigenvalue weighted by atomic mass is 33.1. The summed E-state index contributed by atoms with van der Waals surface area (Å²) in [5, 5.41) is 0. The lowest BCUT2D eigenvalue weighted by Gasteiger charge is -2.07. The maximum atomic E-state index is 2.41. The highest BCUT2D eigenvalue weighted by Gasteiger charge is 2.14. The van der Waals surface area contributed by atoms with Crippen LogP contribution in [0.25, 0.3) is 11.1 Å². The molecule has 2 aliphatic rings. The van der Waals surface area contributed by atoms with Crippen LogP contribution in [0.15, 0.2) is 60.7 Å². The van der Waals surface area contributed by atoms with Gasteiger partial charge in [-0.3, -0.25) is 0 Å². The first-order valence-electron chi connectivity index (χ1n) is 8.71. The molecule has 0 amide bonds. The summed E-state index contributed by atoms with van der Waals surface area (Å²) in [4.78, 5) is 0. The standard InChI is InChI=1S/C22H22S2/c1-3-7-21-17(5-1)9-11-19(21)13-15-23-24-16-14-20-12-10-18-6-2-4-8-22(18)20/h1-8,11-12H,9-10,13-16H2. The van der Waals surface area contributed by atoms with Crippen LogP contribution in [0, 0.1) is 0 Å². The van der Waals surface area contributed by atoms with Crippen molar-refractivity contribution < 1.29 is 0 Å². The second kappa shape index (κ2) is 7.67. The minimum Gasteiger partial charge on any atom is -0.0938 e. The van der Waals surface area contributed by atoms with Crippen molar-refractivity contribution in [3.63, 3.8) is 0 Å². The Morgan fingerprint density at radius 1 is 0.625 bits per heavy atom. The predicted octanol–water partition coefficient (Wildman–Crippen LogP) is 6.43. The molecule has 2 aromatic rings. The second-order valence-corrected chi connectivity index (χ2v) is 9.03. The van der Waals surface area contributed by atoms with E-state index in [1.54, 1.807) is 11.1 Å². The molecule has 2 aliphatic carbocycles. The fourth-order valence-electron chi connectivity index (χ4n) is 3.60. The summed E-state index contributed by atoms with van der Waals surface area (Å²) in [5.41, 5.74) is 9.05. The van der Waals surface area contributed by atoms with Crippen molar-refractivity contribution >= 4 is 32.7 Å². The summed E-state index contributed by atoms with van der Waals surface area (Å²) in [7, 11) is 4.06. The Labute approximate surface area is 152 Å². The maximum absolute atomic E-state index is 2.41. The average Bonchev–Trinajstić information content (AvgIpc) is 3.22. The van der Waals surface area contributed by atoms with Gasteiger partial charge in [-0.05, 0) is 59.1 Å². The normalized spacial score (nSPS) is 15.0. The van der Waals surface area contributed by atoms with Crippen molar-refractivity contribution in [2.75, 3.05) is 11.5 Å². The molecule has 0 aromatic heterocycles. The quantitative estimate of drug-likeness (QED) is 0.417. The summed E-state index contributed by atoms with van der Waals surface area (Å²) in [6.45, 7) is 0. The van der Waals surface area contributed by atoms with Gasteiger partial charge in [0.05, 0.1) is 0 Å². The number of hydrogen-bond donors (Lipinski definition) is 0. The third kappa shape index (κ3) is 3.50. The highest BCUT2D eigenvalue weighted by Crippen LogP contribution is 2.35. The monoisotopic (exact) mass is 350 g/mol. The summed E-state index contributed by atoms with van der Waals surface area (Å²) >= 11 is 0. The van der Waals surface area contributed by atoms with E-state index in [4.69, 9.17) is 0 Å². The zero-order valence-corrected chi connectivity index (χ0v) is 15.5. The average molecular weight is 351 g/mol. The lowest BCUT2D eigenvalue weighted by molar-refractivity contribution is 1.27. The minimum absolute atomic E-state index is 1.12. The van der Waals surface area contributed by atoms with Gasteiger partial charge in [0, 0.05) is 11.5 Å². The van der Waals surface area contributed by atoms with E-state index in [0.717, 1.165) is 12.8 Å². The molecule has 0 aliphatic heterocycles. The molecule has 4 rings (SSSR count). The van der Waals surface area contributed by atoms with Gasteiger partial charge in [0.15, 0.2) is 0 Å². The number of rotatable bonds is 7. The number of allylic oxidation sites excluding steroid dienone is 4. The topological polar surface area (TPSA) is 0 Å². The third-order valence-electron chi connectivity index (χ3n) is 4.86. The van der Waals surface area contributed by atoms with E-state index >= 15 is 0 Å². The van der Waals surface area contributed by atoms with Gasteiger partial charge in [-0.15, -0.1) is 0 Å². The molecule has 0 saturated carbocycles. The van der Waals surface area contributed by atoms with Crippen LogP contribution in [0.4, 0.5) is 0 Å². The highest BCUT2D eigenvalue weighted by molar-refractivity contribution is 8.76. The van der Waals surface area contributed by atoms with Gasteiger partial charge >= 0.3 is 0 Å². The van der Waals surface area contributed by atoms with Gasteiger partial charge in [-0.2, -0.15) is 0 Å². The Kier molecular flexibility index (Phi) is 5.15. The van der Waals surface area contributed by atoms with Crippen LogP contribution in [0.1, 0.15) is 35.1 Å². The first-order chi connectivity index (χ1) is 11.9. The second-order valence-electron chi connectivity index (χ2n) is 6.33. The van der Waals surface area contributed by atoms with Crippen LogP contribution in [-0.2, 0) is 12.8 Å². The molecular formula is C22H22S2. The van der Waals surface area contributed by atoms with E-state index in [-0.39, 0.29) is 0 Å². The summed E-state index contributed by atoms with van der Waals surface area (Å²) in [6.07, 6.45) is 9.46. The van der Waals surface area contributed by atoms with Gasteiger partial charge in [0.25, 0.3) is 0 Å². The van der Waals surface area contributed by atoms with Crippen molar-refractivity contribution in [3.8, 4) is 0 Å². The molecule has 0 nitrogen and oxygen atoms in total. The van der Waals surface area contributed by atoms with E-state index < -0.39 is 0 Å². The van der Waals surface area contributed by atoms with Crippen LogP contribution < -0.4 is 0 Å². The Bertz CT molecular complexity index is 719. The van der Waals surface area contributed by atoms with Gasteiger partial charge in [0.2, 0.25) is 0 Å². The van der Waals surface area contributed by atoms with Crippen LogP contribution in [0.5, 0.6) is 0 Å². The molecule has 2 aromatic carbocycles. The fraction of sp³-hybridized carbons (Fsp3) is 0.273. The number of hydrogen-bond acceptors (Lipinski definition) is 2. The molecule has 2 heteroatoms. The van der Waals surface area contributed by atoms with Gasteiger partial charge < -0.3 is 0 Å². The first kappa shape index (κ1) is 16.1. The van der Waals surface area contributed by atoms with Crippen LogP contribution in [-0.4, -0.2) is 11.5 Å². The maximum Gasteiger partial charge on any atom is 0.00775 e. The summed E-state index contributed by atoms with van der Waals surface area (Å²) in [5.74, 6) is 2.42. The molecule has 0 spiro atoms. The van der Waals surface area contributed by atoms with Gasteiger partial charge in [0.1, 0.15) is 0 Å². The minimum atomic E-state index is 1.12. The lowest BCUT2D eigenvalue weighted by Crippen LogP contribution is -1.87. The van der Waals surface area contributed by atoms with Crippen molar-refractivity contribution in [3.05, 3.63) is 82.9 Å². The molecule has 0 N–H and O–H groups in total. The van der Waals surface area contributed by atoms with Crippen molar-refractivity contribution in [1.82, 2.24) is 0 Å². The fourth-order valence-corrected chi connectivity index (χ4v) is 5.65. The molecule has 0 heterocycles. The Morgan fingerprint density at radius 2 is 1.08 bits per heavy atom. The van der Waals surface area contributed by atoms with Crippen LogP contribution in [0.3, 0.4) is 0 Å². The van der Waals surface area contributed by atoms with Crippen molar-refractivity contribution in [1.29, 1.82) is 0 Å². The Morgan fingerprint density at radius 3 is 1.58 bits per heavy atom. The van der Waals surface area contributed by atoms with E-state index in [1.807, 2.05) is 21.6 Å². The van der Waals surface area contributed by atoms with Crippen LogP contribution >= 0.6 is 21.6 Å². The molecule has 0 saturated heterocycles. The zero-order valence-electron chi connectivity index (χ0n) is 13.8. The summed E-state index contributed by atoms with van der Waals surface area (Å²) < 4.78 is 0.